The number of hydrogen-bond donors (Lipinski definition) is 0. The van der Waals surface area contributed by atoms with Gasteiger partial charge in [-0.25, -0.2) is 8.78 Å². The monoisotopic (exact) mass is 282 g/mol. The van der Waals surface area contributed by atoms with Crippen molar-refractivity contribution >= 4 is 17.5 Å². The highest BCUT2D eigenvalue weighted by molar-refractivity contribution is 5.74. The number of hydrogen-bond acceptors (Lipinski definition) is 4. The highest BCUT2D eigenvalue weighted by Gasteiger charge is 2.26. The molecule has 1 heterocycles. The minimum Gasteiger partial charge on any atom is -0.302 e. The van der Waals surface area contributed by atoms with E-state index in [0.717, 1.165) is 18.4 Å². The molecular formula is C13H12F2N2O3. The Balaban J connectivity index is 2.40. The maximum absolute atomic E-state index is 13.9. The van der Waals surface area contributed by atoms with Gasteiger partial charge in [-0.05, 0) is 18.1 Å². The van der Waals surface area contributed by atoms with Crippen LogP contribution in [0.3, 0.4) is 0 Å². The summed E-state index contributed by atoms with van der Waals surface area (Å²) in [6.07, 6.45) is 2.68. The Kier molecular flexibility index (Phi) is 4.19. The van der Waals surface area contributed by atoms with Crippen LogP contribution in [0.2, 0.25) is 0 Å². The molecule has 0 atom stereocenters. The first kappa shape index (κ1) is 14.3. The van der Waals surface area contributed by atoms with E-state index in [9.17, 15) is 23.7 Å². The van der Waals surface area contributed by atoms with Crippen molar-refractivity contribution in [3.05, 3.63) is 45.5 Å². The van der Waals surface area contributed by atoms with E-state index >= 15 is 0 Å². The second kappa shape index (κ2) is 5.87. The first-order valence-corrected chi connectivity index (χ1v) is 6.02. The predicted octanol–water partition coefficient (Wildman–Crippen LogP) is 2.16. The summed E-state index contributed by atoms with van der Waals surface area (Å²) in [6, 6.07) is 1.71. The molecule has 0 aliphatic carbocycles. The van der Waals surface area contributed by atoms with Gasteiger partial charge < -0.3 is 4.79 Å². The van der Waals surface area contributed by atoms with Crippen LogP contribution in [0.1, 0.15) is 12.0 Å². The summed E-state index contributed by atoms with van der Waals surface area (Å²) < 4.78 is 27.2. The fourth-order valence-corrected chi connectivity index (χ4v) is 2.21. The standard InChI is InChI=1S/C13H12F2N2O3/c14-10-1-2-11(17(19)20)12(13(10)15)9-3-5-16(6-4-9)7-8-18/h1-3,8H,4-7H2. The van der Waals surface area contributed by atoms with Gasteiger partial charge in [0.05, 0.1) is 17.0 Å². The van der Waals surface area contributed by atoms with Crippen LogP contribution in [0.25, 0.3) is 5.57 Å². The number of nitro groups is 1. The molecule has 5 nitrogen and oxygen atoms in total. The van der Waals surface area contributed by atoms with E-state index in [1.54, 1.807) is 11.0 Å². The van der Waals surface area contributed by atoms with Gasteiger partial charge >= 0.3 is 0 Å². The largest absolute Gasteiger partial charge is 0.302 e. The minimum atomic E-state index is -1.20. The van der Waals surface area contributed by atoms with E-state index in [0.29, 0.717) is 25.1 Å². The summed E-state index contributed by atoms with van der Waals surface area (Å²) in [5.41, 5.74) is -0.337. The number of aldehydes is 1. The zero-order chi connectivity index (χ0) is 14.7. The van der Waals surface area contributed by atoms with Gasteiger partial charge in [-0.2, -0.15) is 0 Å². The van der Waals surface area contributed by atoms with E-state index in [2.05, 4.69) is 0 Å². The Morgan fingerprint density at radius 1 is 1.40 bits per heavy atom. The van der Waals surface area contributed by atoms with Crippen molar-refractivity contribution in [1.82, 2.24) is 4.90 Å². The zero-order valence-electron chi connectivity index (χ0n) is 10.5. The molecule has 0 N–H and O–H groups in total. The van der Waals surface area contributed by atoms with Crippen molar-refractivity contribution in [2.45, 2.75) is 6.42 Å². The lowest BCUT2D eigenvalue weighted by Crippen LogP contribution is -2.30. The molecule has 0 unspecified atom stereocenters. The maximum atomic E-state index is 13.9. The number of benzene rings is 1. The fourth-order valence-electron chi connectivity index (χ4n) is 2.21. The molecule has 1 aliphatic rings. The lowest BCUT2D eigenvalue weighted by molar-refractivity contribution is -0.385. The van der Waals surface area contributed by atoms with Gasteiger partial charge in [-0.3, -0.25) is 15.0 Å². The third-order valence-electron chi connectivity index (χ3n) is 3.22. The van der Waals surface area contributed by atoms with Crippen LogP contribution >= 0.6 is 0 Å². The molecule has 0 fully saturated rings. The van der Waals surface area contributed by atoms with Gasteiger partial charge in [0, 0.05) is 19.2 Å². The Morgan fingerprint density at radius 3 is 2.70 bits per heavy atom. The van der Waals surface area contributed by atoms with Gasteiger partial charge in [0.1, 0.15) is 6.29 Å². The van der Waals surface area contributed by atoms with Crippen molar-refractivity contribution < 1.29 is 18.5 Å². The van der Waals surface area contributed by atoms with Gasteiger partial charge in [0.25, 0.3) is 5.69 Å². The van der Waals surface area contributed by atoms with E-state index in [-0.39, 0.29) is 12.1 Å². The van der Waals surface area contributed by atoms with Crippen LogP contribution in [-0.2, 0) is 4.79 Å². The first-order valence-electron chi connectivity index (χ1n) is 6.02. The molecule has 0 aromatic heterocycles. The third-order valence-corrected chi connectivity index (χ3v) is 3.22. The molecule has 20 heavy (non-hydrogen) atoms. The molecule has 0 saturated carbocycles. The van der Waals surface area contributed by atoms with E-state index in [1.807, 2.05) is 0 Å². The highest BCUT2D eigenvalue weighted by atomic mass is 19.2. The van der Waals surface area contributed by atoms with Crippen molar-refractivity contribution in [3.63, 3.8) is 0 Å². The summed E-state index contributed by atoms with van der Waals surface area (Å²) in [4.78, 5) is 22.4. The maximum Gasteiger partial charge on any atom is 0.280 e. The number of carbonyl (C=O) groups is 1. The van der Waals surface area contributed by atoms with Gasteiger partial charge in [-0.15, -0.1) is 0 Å². The number of rotatable bonds is 4. The molecule has 0 saturated heterocycles. The number of nitro benzene ring substituents is 1. The molecule has 2 rings (SSSR count). The van der Waals surface area contributed by atoms with Gasteiger partial charge in [0.2, 0.25) is 0 Å². The van der Waals surface area contributed by atoms with E-state index in [1.165, 1.54) is 0 Å². The Morgan fingerprint density at radius 2 is 2.15 bits per heavy atom. The lowest BCUT2D eigenvalue weighted by Gasteiger charge is -2.24. The second-order valence-electron chi connectivity index (χ2n) is 4.42. The number of carbonyl (C=O) groups excluding carboxylic acids is 1. The molecule has 7 heteroatoms. The van der Waals surface area contributed by atoms with Crippen LogP contribution in [-0.4, -0.2) is 35.7 Å². The molecule has 1 aliphatic heterocycles. The molecule has 0 amide bonds. The molecule has 0 radical (unpaired) electrons. The normalized spacial score (nSPS) is 15.8. The summed E-state index contributed by atoms with van der Waals surface area (Å²) in [6.45, 7) is 1.09. The minimum absolute atomic E-state index is 0.248. The van der Waals surface area contributed by atoms with Gasteiger partial charge in [-0.1, -0.05) is 6.08 Å². The zero-order valence-corrected chi connectivity index (χ0v) is 10.5. The van der Waals surface area contributed by atoms with Crippen molar-refractivity contribution in [1.29, 1.82) is 0 Å². The van der Waals surface area contributed by atoms with Crippen LogP contribution in [0.5, 0.6) is 0 Å². The van der Waals surface area contributed by atoms with Crippen molar-refractivity contribution in [2.24, 2.45) is 0 Å². The average molecular weight is 282 g/mol. The third kappa shape index (κ3) is 2.72. The molecule has 1 aromatic carbocycles. The summed E-state index contributed by atoms with van der Waals surface area (Å²) in [5, 5.41) is 10.9. The highest BCUT2D eigenvalue weighted by Crippen LogP contribution is 2.33. The van der Waals surface area contributed by atoms with Crippen molar-refractivity contribution in [3.8, 4) is 0 Å². The van der Waals surface area contributed by atoms with Crippen molar-refractivity contribution in [2.75, 3.05) is 19.6 Å². The molecule has 106 valence electrons. The molecule has 1 aromatic rings. The topological polar surface area (TPSA) is 63.5 Å². The summed E-state index contributed by atoms with van der Waals surface area (Å²) >= 11 is 0. The summed E-state index contributed by atoms with van der Waals surface area (Å²) in [5.74, 6) is -2.31. The second-order valence-corrected chi connectivity index (χ2v) is 4.42. The van der Waals surface area contributed by atoms with E-state index in [4.69, 9.17) is 0 Å². The number of nitrogens with zero attached hydrogens (tertiary/aromatic N) is 2. The summed E-state index contributed by atoms with van der Waals surface area (Å²) in [7, 11) is 0. The van der Waals surface area contributed by atoms with Gasteiger partial charge in [0.15, 0.2) is 11.6 Å². The Labute approximate surface area is 113 Å². The Hall–Kier alpha value is -2.15. The molecule has 0 spiro atoms. The fraction of sp³-hybridized carbons (Fsp3) is 0.308. The Bertz CT molecular complexity index is 587. The number of halogens is 2. The van der Waals surface area contributed by atoms with Crippen LogP contribution < -0.4 is 0 Å². The predicted molar refractivity (Wildman–Crippen MR) is 68.1 cm³/mol. The molecular weight excluding hydrogens is 270 g/mol. The quantitative estimate of drug-likeness (QED) is 0.482. The van der Waals surface area contributed by atoms with Crippen LogP contribution in [0.4, 0.5) is 14.5 Å². The molecule has 0 bridgehead atoms. The van der Waals surface area contributed by atoms with Crippen LogP contribution in [0.15, 0.2) is 18.2 Å². The SMILES string of the molecule is O=CCN1CC=C(c2c([N+](=O)[O-])ccc(F)c2F)CC1. The lowest BCUT2D eigenvalue weighted by atomic mass is 9.97. The van der Waals surface area contributed by atoms with Crippen LogP contribution in [0, 0.1) is 21.7 Å². The van der Waals surface area contributed by atoms with E-state index < -0.39 is 22.2 Å². The average Bonchev–Trinajstić information content (AvgIpc) is 2.43. The first-order chi connectivity index (χ1) is 9.54. The smallest absolute Gasteiger partial charge is 0.280 e.